The van der Waals surface area contributed by atoms with Crippen molar-refractivity contribution in [3.63, 3.8) is 0 Å². The van der Waals surface area contributed by atoms with Crippen LogP contribution in [0.15, 0.2) is 0 Å². The number of hydrogen-bond acceptors (Lipinski definition) is 4. The predicted molar refractivity (Wildman–Crippen MR) is 45.3 cm³/mol. The Morgan fingerprint density at radius 1 is 1.33 bits per heavy atom. The molecule has 0 aliphatic carbocycles. The van der Waals surface area contributed by atoms with Gasteiger partial charge in [-0.25, -0.2) is 0 Å². The maximum Gasteiger partial charge on any atom is 0.264 e. The molecule has 0 saturated heterocycles. The molecule has 6 heteroatoms. The van der Waals surface area contributed by atoms with Gasteiger partial charge in [0, 0.05) is 12.6 Å². The Balaban J connectivity index is 3.51. The molecule has 0 aliphatic rings. The van der Waals surface area contributed by atoms with Gasteiger partial charge in [0.1, 0.15) is 0 Å². The second-order valence-electron chi connectivity index (χ2n) is 2.70. The lowest BCUT2D eigenvalue weighted by molar-refractivity contribution is 0.279. The van der Waals surface area contributed by atoms with E-state index in [0.717, 1.165) is 0 Å². The number of aliphatic hydroxyl groups is 1. The van der Waals surface area contributed by atoms with E-state index in [1.165, 1.54) is 0 Å². The average Bonchev–Trinajstić information content (AvgIpc) is 1.95. The second kappa shape index (κ2) is 5.47. The van der Waals surface area contributed by atoms with E-state index in [1.54, 1.807) is 0 Å². The molecule has 0 radical (unpaired) electrons. The van der Waals surface area contributed by atoms with Crippen LogP contribution < -0.4 is 5.73 Å². The molecule has 1 unspecified atom stereocenters. The zero-order valence-corrected chi connectivity index (χ0v) is 7.63. The van der Waals surface area contributed by atoms with Gasteiger partial charge in [0.15, 0.2) is 0 Å². The average molecular weight is 197 g/mol. The summed E-state index contributed by atoms with van der Waals surface area (Å²) >= 11 is 0. The lowest BCUT2D eigenvalue weighted by Crippen LogP contribution is -2.23. The molecule has 0 aliphatic heterocycles. The monoisotopic (exact) mass is 197 g/mol. The Kier molecular flexibility index (Phi) is 5.39. The van der Waals surface area contributed by atoms with Gasteiger partial charge in [-0.15, -0.1) is 0 Å². The summed E-state index contributed by atoms with van der Waals surface area (Å²) in [5, 5.41) is 8.42. The van der Waals surface area contributed by atoms with Gasteiger partial charge in [-0.05, 0) is 19.3 Å². The molecule has 74 valence electrons. The summed E-state index contributed by atoms with van der Waals surface area (Å²) in [6.07, 6.45) is 1.37. The maximum atomic E-state index is 10.3. The maximum absolute atomic E-state index is 10.3. The molecular weight excluding hydrogens is 182 g/mol. The van der Waals surface area contributed by atoms with Gasteiger partial charge in [0.05, 0.1) is 5.75 Å². The number of rotatable bonds is 6. The minimum absolute atomic E-state index is 0.0551. The van der Waals surface area contributed by atoms with Crippen LogP contribution >= 0.6 is 0 Å². The molecule has 0 bridgehead atoms. The zero-order valence-electron chi connectivity index (χ0n) is 6.81. The molecule has 0 aromatic rings. The lowest BCUT2D eigenvalue weighted by Gasteiger charge is -2.08. The van der Waals surface area contributed by atoms with Crippen LogP contribution in [0.1, 0.15) is 19.3 Å². The Morgan fingerprint density at radius 2 is 1.92 bits per heavy atom. The first-order valence-electron chi connectivity index (χ1n) is 3.77. The topological polar surface area (TPSA) is 101 Å². The van der Waals surface area contributed by atoms with Crippen molar-refractivity contribution in [2.24, 2.45) is 5.73 Å². The Labute approximate surface area is 72.3 Å². The first-order valence-corrected chi connectivity index (χ1v) is 5.38. The van der Waals surface area contributed by atoms with Gasteiger partial charge in [-0.1, -0.05) is 0 Å². The van der Waals surface area contributed by atoms with Gasteiger partial charge in [-0.2, -0.15) is 8.42 Å². The van der Waals surface area contributed by atoms with Gasteiger partial charge in [0.2, 0.25) is 0 Å². The van der Waals surface area contributed by atoms with Crippen molar-refractivity contribution in [2.75, 3.05) is 12.4 Å². The minimum Gasteiger partial charge on any atom is -0.396 e. The zero-order chi connectivity index (χ0) is 9.61. The first kappa shape index (κ1) is 11.8. The standard InChI is InChI=1S/C6H15NO4S/c7-6(2-1-4-8)3-5-12(9,10)11/h6,8H,1-5,7H2,(H,9,10,11). The predicted octanol–water partition coefficient (Wildman–Crippen LogP) is -0.636. The van der Waals surface area contributed by atoms with Crippen molar-refractivity contribution in [3.8, 4) is 0 Å². The highest BCUT2D eigenvalue weighted by molar-refractivity contribution is 7.85. The third-order valence-corrected chi connectivity index (χ3v) is 2.23. The Hall–Kier alpha value is -0.170. The van der Waals surface area contributed by atoms with Crippen molar-refractivity contribution in [2.45, 2.75) is 25.3 Å². The number of hydrogen-bond donors (Lipinski definition) is 3. The van der Waals surface area contributed by atoms with Crippen molar-refractivity contribution < 1.29 is 18.1 Å². The van der Waals surface area contributed by atoms with Crippen LogP contribution in [0.25, 0.3) is 0 Å². The molecule has 0 heterocycles. The second-order valence-corrected chi connectivity index (χ2v) is 4.27. The van der Waals surface area contributed by atoms with E-state index in [1.807, 2.05) is 0 Å². The fourth-order valence-corrected chi connectivity index (χ4v) is 1.40. The van der Waals surface area contributed by atoms with Gasteiger partial charge >= 0.3 is 0 Å². The van der Waals surface area contributed by atoms with E-state index in [0.29, 0.717) is 12.8 Å². The quantitative estimate of drug-likeness (QED) is 0.492. The van der Waals surface area contributed by atoms with Crippen LogP contribution in [-0.2, 0) is 10.1 Å². The summed E-state index contributed by atoms with van der Waals surface area (Å²) in [6.45, 7) is 0.0551. The third kappa shape index (κ3) is 7.93. The highest BCUT2D eigenvalue weighted by Gasteiger charge is 2.08. The number of nitrogens with two attached hydrogens (primary N) is 1. The molecule has 0 saturated carbocycles. The van der Waals surface area contributed by atoms with Crippen molar-refractivity contribution >= 4 is 10.1 Å². The van der Waals surface area contributed by atoms with E-state index in [4.69, 9.17) is 15.4 Å². The first-order chi connectivity index (χ1) is 5.45. The van der Waals surface area contributed by atoms with Crippen LogP contribution in [0.5, 0.6) is 0 Å². The van der Waals surface area contributed by atoms with E-state index >= 15 is 0 Å². The summed E-state index contributed by atoms with van der Waals surface area (Å²) in [5.41, 5.74) is 5.48. The molecule has 0 aromatic heterocycles. The highest BCUT2D eigenvalue weighted by Crippen LogP contribution is 2.00. The number of aliphatic hydroxyl groups excluding tert-OH is 1. The van der Waals surface area contributed by atoms with Crippen LogP contribution in [-0.4, -0.2) is 36.5 Å². The van der Waals surface area contributed by atoms with Gasteiger partial charge in [-0.3, -0.25) is 4.55 Å². The van der Waals surface area contributed by atoms with E-state index in [9.17, 15) is 8.42 Å². The summed E-state index contributed by atoms with van der Waals surface area (Å²) in [6, 6.07) is -0.265. The van der Waals surface area contributed by atoms with Crippen molar-refractivity contribution in [1.82, 2.24) is 0 Å². The van der Waals surface area contributed by atoms with E-state index < -0.39 is 10.1 Å². The Morgan fingerprint density at radius 3 is 2.33 bits per heavy atom. The largest absolute Gasteiger partial charge is 0.396 e. The third-order valence-electron chi connectivity index (χ3n) is 1.48. The molecule has 0 fully saturated rings. The smallest absolute Gasteiger partial charge is 0.264 e. The SMILES string of the molecule is NC(CCCO)CCS(=O)(=O)O. The van der Waals surface area contributed by atoms with Crippen molar-refractivity contribution in [3.05, 3.63) is 0 Å². The van der Waals surface area contributed by atoms with Crippen LogP contribution in [0.2, 0.25) is 0 Å². The molecule has 0 spiro atoms. The minimum atomic E-state index is -3.89. The van der Waals surface area contributed by atoms with Gasteiger partial charge in [0.25, 0.3) is 10.1 Å². The molecular formula is C6H15NO4S. The molecule has 1 atom stereocenters. The van der Waals surface area contributed by atoms with E-state index in [-0.39, 0.29) is 24.8 Å². The van der Waals surface area contributed by atoms with Crippen LogP contribution in [0, 0.1) is 0 Å². The molecule has 4 N–H and O–H groups in total. The normalized spacial score (nSPS) is 14.6. The Bertz CT molecular complexity index is 202. The highest BCUT2D eigenvalue weighted by atomic mass is 32.2. The fourth-order valence-electron chi connectivity index (χ4n) is 0.798. The summed E-state index contributed by atoms with van der Waals surface area (Å²) in [4.78, 5) is 0. The van der Waals surface area contributed by atoms with Crippen LogP contribution in [0.3, 0.4) is 0 Å². The van der Waals surface area contributed by atoms with Crippen LogP contribution in [0.4, 0.5) is 0 Å². The molecule has 0 amide bonds. The molecule has 0 aromatic carbocycles. The van der Waals surface area contributed by atoms with Gasteiger partial charge < -0.3 is 10.8 Å². The lowest BCUT2D eigenvalue weighted by atomic mass is 10.1. The molecule has 0 rings (SSSR count). The van der Waals surface area contributed by atoms with E-state index in [2.05, 4.69) is 0 Å². The summed E-state index contributed by atoms with van der Waals surface area (Å²) < 4.78 is 28.9. The summed E-state index contributed by atoms with van der Waals surface area (Å²) in [7, 11) is -3.89. The summed E-state index contributed by atoms with van der Waals surface area (Å²) in [5.74, 6) is -0.306. The molecule has 5 nitrogen and oxygen atoms in total. The fraction of sp³-hybridized carbons (Fsp3) is 1.00. The molecule has 12 heavy (non-hydrogen) atoms. The van der Waals surface area contributed by atoms with Crippen molar-refractivity contribution in [1.29, 1.82) is 0 Å².